The zero-order valence-corrected chi connectivity index (χ0v) is 10.7. The number of aryl methyl sites for hydroxylation is 1. The topological polar surface area (TPSA) is 50.9 Å². The molecule has 3 rings (SSSR count). The number of aliphatic hydroxyl groups excluding tert-OH is 1. The lowest BCUT2D eigenvalue weighted by Crippen LogP contribution is -2.02. The second-order valence-electron chi connectivity index (χ2n) is 4.38. The van der Waals surface area contributed by atoms with Gasteiger partial charge in [0.05, 0.1) is 23.5 Å². The molecular formula is C15H15N3O. The molecule has 0 saturated carbocycles. The van der Waals surface area contributed by atoms with Crippen LogP contribution in [0.3, 0.4) is 0 Å². The molecule has 4 heteroatoms. The molecule has 0 saturated heterocycles. The quantitative estimate of drug-likeness (QED) is 0.780. The van der Waals surface area contributed by atoms with Crippen molar-refractivity contribution in [3.63, 3.8) is 0 Å². The maximum Gasteiger partial charge on any atom is 0.112 e. The van der Waals surface area contributed by atoms with Crippen molar-refractivity contribution in [1.82, 2.24) is 14.5 Å². The van der Waals surface area contributed by atoms with Gasteiger partial charge in [-0.05, 0) is 12.1 Å². The molecule has 0 unspecified atom stereocenters. The number of aliphatic hydroxyl groups is 1. The van der Waals surface area contributed by atoms with Gasteiger partial charge in [-0.2, -0.15) is 0 Å². The molecule has 0 bridgehead atoms. The van der Waals surface area contributed by atoms with Crippen molar-refractivity contribution in [2.45, 2.75) is 20.0 Å². The number of rotatable bonds is 3. The average molecular weight is 253 g/mol. The molecule has 3 aromatic rings. The third kappa shape index (κ3) is 2.00. The number of hydrogen-bond donors (Lipinski definition) is 1. The van der Waals surface area contributed by atoms with Crippen molar-refractivity contribution >= 4 is 10.9 Å². The smallest absolute Gasteiger partial charge is 0.112 e. The fourth-order valence-electron chi connectivity index (χ4n) is 2.31. The number of nitrogens with zero attached hydrogens (tertiary/aromatic N) is 3. The Labute approximate surface area is 111 Å². The molecule has 0 fully saturated rings. The molecule has 2 heterocycles. The van der Waals surface area contributed by atoms with Crippen LogP contribution in [-0.2, 0) is 13.0 Å². The standard InChI is InChI=1S/C15H15N3O/c1-2-15-16-7-8-18(15)14-9-11(10-19)17-13-6-4-3-5-12(13)14/h3-9,19H,2,10H2,1H3. The number of fused-ring (bicyclic) bond motifs is 1. The highest BCUT2D eigenvalue weighted by Crippen LogP contribution is 2.23. The Morgan fingerprint density at radius 1 is 1.26 bits per heavy atom. The van der Waals surface area contributed by atoms with Gasteiger partial charge in [0.25, 0.3) is 0 Å². The average Bonchev–Trinajstić information content (AvgIpc) is 2.94. The summed E-state index contributed by atoms with van der Waals surface area (Å²) < 4.78 is 2.06. The van der Waals surface area contributed by atoms with E-state index in [0.717, 1.165) is 28.8 Å². The maximum absolute atomic E-state index is 9.36. The summed E-state index contributed by atoms with van der Waals surface area (Å²) >= 11 is 0. The normalized spacial score (nSPS) is 11.1. The van der Waals surface area contributed by atoms with E-state index in [2.05, 4.69) is 21.5 Å². The number of para-hydroxylation sites is 1. The number of hydrogen-bond acceptors (Lipinski definition) is 3. The number of pyridine rings is 1. The molecule has 0 radical (unpaired) electrons. The van der Waals surface area contributed by atoms with Crippen LogP contribution in [0.25, 0.3) is 16.6 Å². The van der Waals surface area contributed by atoms with Gasteiger partial charge < -0.3 is 9.67 Å². The van der Waals surface area contributed by atoms with Crippen LogP contribution in [0.15, 0.2) is 42.7 Å². The summed E-state index contributed by atoms with van der Waals surface area (Å²) in [5.41, 5.74) is 2.58. The summed E-state index contributed by atoms with van der Waals surface area (Å²) in [5, 5.41) is 10.4. The molecular weight excluding hydrogens is 238 g/mol. The van der Waals surface area contributed by atoms with E-state index >= 15 is 0 Å². The van der Waals surface area contributed by atoms with E-state index in [1.807, 2.05) is 36.5 Å². The molecule has 0 aliphatic heterocycles. The predicted octanol–water partition coefficient (Wildman–Crippen LogP) is 2.48. The fourth-order valence-corrected chi connectivity index (χ4v) is 2.31. The molecule has 19 heavy (non-hydrogen) atoms. The predicted molar refractivity (Wildman–Crippen MR) is 74.2 cm³/mol. The third-order valence-electron chi connectivity index (χ3n) is 3.20. The molecule has 0 aliphatic carbocycles. The maximum atomic E-state index is 9.36. The minimum atomic E-state index is -0.0615. The molecule has 0 amide bonds. The van der Waals surface area contributed by atoms with Crippen LogP contribution in [-0.4, -0.2) is 19.6 Å². The van der Waals surface area contributed by atoms with Crippen molar-refractivity contribution in [2.75, 3.05) is 0 Å². The Morgan fingerprint density at radius 2 is 2.11 bits per heavy atom. The van der Waals surface area contributed by atoms with E-state index in [1.54, 1.807) is 6.20 Å². The van der Waals surface area contributed by atoms with Gasteiger partial charge >= 0.3 is 0 Å². The van der Waals surface area contributed by atoms with Gasteiger partial charge in [-0.25, -0.2) is 4.98 Å². The van der Waals surface area contributed by atoms with Crippen molar-refractivity contribution in [2.24, 2.45) is 0 Å². The highest BCUT2D eigenvalue weighted by Gasteiger charge is 2.09. The van der Waals surface area contributed by atoms with Gasteiger partial charge in [0.2, 0.25) is 0 Å². The van der Waals surface area contributed by atoms with Crippen LogP contribution in [0.5, 0.6) is 0 Å². The van der Waals surface area contributed by atoms with Crippen LogP contribution in [0.2, 0.25) is 0 Å². The number of aromatic nitrogens is 3. The Morgan fingerprint density at radius 3 is 2.89 bits per heavy atom. The SMILES string of the molecule is CCc1nccn1-c1cc(CO)nc2ccccc12. The van der Waals surface area contributed by atoms with E-state index in [4.69, 9.17) is 0 Å². The van der Waals surface area contributed by atoms with E-state index in [-0.39, 0.29) is 6.61 Å². The van der Waals surface area contributed by atoms with Gasteiger partial charge in [-0.3, -0.25) is 4.98 Å². The zero-order valence-electron chi connectivity index (χ0n) is 10.7. The second-order valence-corrected chi connectivity index (χ2v) is 4.38. The van der Waals surface area contributed by atoms with Gasteiger partial charge in [-0.1, -0.05) is 25.1 Å². The second kappa shape index (κ2) is 4.82. The summed E-state index contributed by atoms with van der Waals surface area (Å²) in [7, 11) is 0. The lowest BCUT2D eigenvalue weighted by Gasteiger charge is -2.11. The summed E-state index contributed by atoms with van der Waals surface area (Å²) in [4.78, 5) is 8.79. The van der Waals surface area contributed by atoms with Gasteiger partial charge in [0.1, 0.15) is 5.82 Å². The molecule has 0 spiro atoms. The van der Waals surface area contributed by atoms with E-state index in [1.165, 1.54) is 0 Å². The highest BCUT2D eigenvalue weighted by molar-refractivity contribution is 5.87. The summed E-state index contributed by atoms with van der Waals surface area (Å²) in [6.45, 7) is 2.02. The largest absolute Gasteiger partial charge is 0.390 e. The van der Waals surface area contributed by atoms with Gasteiger partial charge in [-0.15, -0.1) is 0 Å². The molecule has 0 atom stereocenters. The first kappa shape index (κ1) is 11.9. The summed E-state index contributed by atoms with van der Waals surface area (Å²) in [6, 6.07) is 9.87. The summed E-state index contributed by atoms with van der Waals surface area (Å²) in [6.07, 6.45) is 4.60. The Hall–Kier alpha value is -2.20. The van der Waals surface area contributed by atoms with Crippen LogP contribution in [0.4, 0.5) is 0 Å². The minimum Gasteiger partial charge on any atom is -0.390 e. The monoisotopic (exact) mass is 253 g/mol. The molecule has 96 valence electrons. The van der Waals surface area contributed by atoms with Crippen LogP contribution >= 0.6 is 0 Å². The lowest BCUT2D eigenvalue weighted by molar-refractivity contribution is 0.277. The molecule has 1 aromatic carbocycles. The minimum absolute atomic E-state index is 0.0615. The van der Waals surface area contributed by atoms with Crippen LogP contribution < -0.4 is 0 Å². The van der Waals surface area contributed by atoms with Gasteiger partial charge in [0, 0.05) is 24.2 Å². The lowest BCUT2D eigenvalue weighted by atomic mass is 10.1. The van der Waals surface area contributed by atoms with Crippen molar-refractivity contribution < 1.29 is 5.11 Å². The van der Waals surface area contributed by atoms with Crippen molar-refractivity contribution in [3.8, 4) is 5.69 Å². The van der Waals surface area contributed by atoms with Crippen molar-refractivity contribution in [1.29, 1.82) is 0 Å². The third-order valence-corrected chi connectivity index (χ3v) is 3.20. The Kier molecular flexibility index (Phi) is 3.01. The first-order valence-corrected chi connectivity index (χ1v) is 6.35. The molecule has 1 N–H and O–H groups in total. The first-order chi connectivity index (χ1) is 9.33. The molecule has 0 aliphatic rings. The first-order valence-electron chi connectivity index (χ1n) is 6.35. The summed E-state index contributed by atoms with van der Waals surface area (Å²) in [5.74, 6) is 1.00. The number of benzene rings is 1. The number of imidazole rings is 1. The highest BCUT2D eigenvalue weighted by atomic mass is 16.3. The van der Waals surface area contributed by atoms with E-state index in [0.29, 0.717) is 5.69 Å². The zero-order chi connectivity index (χ0) is 13.2. The molecule has 4 nitrogen and oxygen atoms in total. The fraction of sp³-hybridized carbons (Fsp3) is 0.200. The van der Waals surface area contributed by atoms with Gasteiger partial charge in [0.15, 0.2) is 0 Å². The Balaban J connectivity index is 2.33. The molecule has 2 aromatic heterocycles. The van der Waals surface area contributed by atoms with Crippen molar-refractivity contribution in [3.05, 3.63) is 54.2 Å². The van der Waals surface area contributed by atoms with Crippen LogP contribution in [0.1, 0.15) is 18.4 Å². The van der Waals surface area contributed by atoms with E-state index < -0.39 is 0 Å². The van der Waals surface area contributed by atoms with E-state index in [9.17, 15) is 5.11 Å². The van der Waals surface area contributed by atoms with Crippen LogP contribution in [0, 0.1) is 0 Å². The Bertz CT molecular complexity index is 718.